The number of amides is 2. The third-order valence-electron chi connectivity index (χ3n) is 4.44. The monoisotopic (exact) mass is 462 g/mol. The summed E-state index contributed by atoms with van der Waals surface area (Å²) >= 11 is 19.9. The first-order chi connectivity index (χ1) is 13.9. The molecule has 3 aromatic rings. The van der Waals surface area contributed by atoms with E-state index in [1.807, 2.05) is 24.4 Å². The van der Waals surface area contributed by atoms with E-state index >= 15 is 0 Å². The maximum atomic E-state index is 13.3. The summed E-state index contributed by atoms with van der Waals surface area (Å²) in [5, 5.41) is 6.09. The lowest BCUT2D eigenvalue weighted by molar-refractivity contribution is -0.120. The summed E-state index contributed by atoms with van der Waals surface area (Å²) in [5.41, 5.74) is 2.18. The standard InChI is InChI=1S/C21H13Cl3N2O2S/c1-11-4-6-13(10-15(11)24)25-19-18(17-3-2-8-29-17)20(27)26(21(19)28)16-9-12(22)5-7-14(16)23/h2-10,25H,1H3. The second-order valence-electron chi connectivity index (χ2n) is 6.36. The molecule has 2 heterocycles. The highest BCUT2D eigenvalue weighted by Crippen LogP contribution is 2.39. The van der Waals surface area contributed by atoms with Crippen LogP contribution in [-0.2, 0) is 9.59 Å². The van der Waals surface area contributed by atoms with E-state index in [4.69, 9.17) is 34.8 Å². The van der Waals surface area contributed by atoms with Gasteiger partial charge in [-0.05, 0) is 54.3 Å². The van der Waals surface area contributed by atoms with Crippen LogP contribution in [0.15, 0.2) is 59.6 Å². The largest absolute Gasteiger partial charge is 0.350 e. The Balaban J connectivity index is 1.82. The molecular weight excluding hydrogens is 451 g/mol. The molecule has 4 rings (SSSR count). The van der Waals surface area contributed by atoms with Crippen LogP contribution in [-0.4, -0.2) is 11.8 Å². The van der Waals surface area contributed by atoms with E-state index in [1.165, 1.54) is 17.4 Å². The Labute approximate surface area is 186 Å². The molecule has 0 atom stereocenters. The van der Waals surface area contributed by atoms with Gasteiger partial charge < -0.3 is 5.32 Å². The van der Waals surface area contributed by atoms with Gasteiger partial charge in [-0.25, -0.2) is 4.90 Å². The molecule has 0 saturated heterocycles. The van der Waals surface area contributed by atoms with Crippen molar-refractivity contribution < 1.29 is 9.59 Å². The number of nitrogens with one attached hydrogen (secondary N) is 1. The second kappa shape index (κ2) is 7.84. The minimum absolute atomic E-state index is 0.161. The fourth-order valence-electron chi connectivity index (χ4n) is 2.99. The molecule has 0 saturated carbocycles. The predicted octanol–water partition coefficient (Wildman–Crippen LogP) is 6.41. The van der Waals surface area contributed by atoms with Gasteiger partial charge in [-0.2, -0.15) is 0 Å². The fourth-order valence-corrected chi connectivity index (χ4v) is 4.30. The predicted molar refractivity (Wildman–Crippen MR) is 120 cm³/mol. The van der Waals surface area contributed by atoms with Gasteiger partial charge in [0.15, 0.2) is 0 Å². The Morgan fingerprint density at radius 3 is 2.41 bits per heavy atom. The number of imide groups is 1. The number of rotatable bonds is 4. The molecule has 0 radical (unpaired) electrons. The molecule has 146 valence electrons. The van der Waals surface area contributed by atoms with Gasteiger partial charge in [-0.1, -0.05) is 46.9 Å². The molecule has 1 N–H and O–H groups in total. The summed E-state index contributed by atoms with van der Waals surface area (Å²) in [6.07, 6.45) is 0. The maximum Gasteiger partial charge on any atom is 0.282 e. The number of nitrogens with zero attached hydrogens (tertiary/aromatic N) is 1. The van der Waals surface area contributed by atoms with E-state index in [1.54, 1.807) is 30.3 Å². The van der Waals surface area contributed by atoms with Gasteiger partial charge in [-0.15, -0.1) is 11.3 Å². The van der Waals surface area contributed by atoms with Crippen LogP contribution in [0, 0.1) is 6.92 Å². The molecule has 0 aliphatic carbocycles. The molecule has 4 nitrogen and oxygen atoms in total. The van der Waals surface area contributed by atoms with Crippen molar-refractivity contribution in [2.75, 3.05) is 10.2 Å². The van der Waals surface area contributed by atoms with Gasteiger partial charge in [0.1, 0.15) is 5.70 Å². The number of carbonyl (C=O) groups excluding carboxylic acids is 2. The van der Waals surface area contributed by atoms with Crippen molar-refractivity contribution in [2.24, 2.45) is 0 Å². The van der Waals surface area contributed by atoms with E-state index in [0.29, 0.717) is 20.6 Å². The summed E-state index contributed by atoms with van der Waals surface area (Å²) in [6.45, 7) is 1.88. The Morgan fingerprint density at radius 1 is 0.931 bits per heavy atom. The highest BCUT2D eigenvalue weighted by molar-refractivity contribution is 7.11. The van der Waals surface area contributed by atoms with E-state index in [9.17, 15) is 9.59 Å². The molecule has 1 aliphatic heterocycles. The zero-order valence-electron chi connectivity index (χ0n) is 15.0. The third kappa shape index (κ3) is 3.67. The smallest absolute Gasteiger partial charge is 0.282 e. The number of anilines is 2. The zero-order valence-corrected chi connectivity index (χ0v) is 18.1. The Kier molecular flexibility index (Phi) is 5.40. The molecule has 29 heavy (non-hydrogen) atoms. The molecule has 0 bridgehead atoms. The lowest BCUT2D eigenvalue weighted by Crippen LogP contribution is -2.32. The Hall–Kier alpha value is -2.31. The number of halogens is 3. The lowest BCUT2D eigenvalue weighted by Gasteiger charge is -2.17. The summed E-state index contributed by atoms with van der Waals surface area (Å²) < 4.78 is 0. The van der Waals surface area contributed by atoms with Crippen LogP contribution in [0.5, 0.6) is 0 Å². The SMILES string of the molecule is Cc1ccc(NC2=C(c3cccs3)C(=O)N(c3cc(Cl)ccc3Cl)C2=O)cc1Cl. The number of hydrogen-bond donors (Lipinski definition) is 1. The Morgan fingerprint density at radius 2 is 1.72 bits per heavy atom. The molecule has 2 amide bonds. The fraction of sp³-hybridized carbons (Fsp3) is 0.0476. The van der Waals surface area contributed by atoms with Gasteiger partial charge in [0, 0.05) is 20.6 Å². The van der Waals surface area contributed by atoms with Crippen LogP contribution < -0.4 is 10.2 Å². The number of carbonyl (C=O) groups is 2. The maximum absolute atomic E-state index is 13.3. The summed E-state index contributed by atoms with van der Waals surface area (Å²) in [7, 11) is 0. The molecular formula is C21H13Cl3N2O2S. The van der Waals surface area contributed by atoms with Crippen LogP contribution in [0.3, 0.4) is 0 Å². The number of thiophene rings is 1. The van der Waals surface area contributed by atoms with Crippen molar-refractivity contribution in [3.63, 3.8) is 0 Å². The molecule has 1 aliphatic rings. The second-order valence-corrected chi connectivity index (χ2v) is 8.56. The first-order valence-corrected chi connectivity index (χ1v) is 10.5. The first-order valence-electron chi connectivity index (χ1n) is 8.52. The van der Waals surface area contributed by atoms with Crippen molar-refractivity contribution in [1.29, 1.82) is 0 Å². The van der Waals surface area contributed by atoms with E-state index in [0.717, 1.165) is 10.5 Å². The van der Waals surface area contributed by atoms with Gasteiger partial charge in [-0.3, -0.25) is 9.59 Å². The number of hydrogen-bond acceptors (Lipinski definition) is 4. The summed E-state index contributed by atoms with van der Waals surface area (Å²) in [5.74, 6) is -0.985. The van der Waals surface area contributed by atoms with Crippen LogP contribution in [0.1, 0.15) is 10.4 Å². The lowest BCUT2D eigenvalue weighted by atomic mass is 10.1. The van der Waals surface area contributed by atoms with Crippen molar-refractivity contribution in [3.8, 4) is 0 Å². The van der Waals surface area contributed by atoms with Crippen LogP contribution >= 0.6 is 46.1 Å². The number of benzene rings is 2. The summed E-state index contributed by atoms with van der Waals surface area (Å²) in [4.78, 5) is 28.3. The van der Waals surface area contributed by atoms with Crippen molar-refractivity contribution in [3.05, 3.63) is 85.1 Å². The molecule has 0 spiro atoms. The van der Waals surface area contributed by atoms with Crippen molar-refractivity contribution >= 4 is 74.9 Å². The molecule has 1 aromatic heterocycles. The quantitative estimate of drug-likeness (QED) is 0.455. The van der Waals surface area contributed by atoms with Gasteiger partial charge >= 0.3 is 0 Å². The average molecular weight is 464 g/mol. The minimum Gasteiger partial charge on any atom is -0.350 e. The molecule has 0 fully saturated rings. The minimum atomic E-state index is -0.515. The topological polar surface area (TPSA) is 49.4 Å². The van der Waals surface area contributed by atoms with E-state index in [2.05, 4.69) is 5.32 Å². The molecule has 0 unspecified atom stereocenters. The van der Waals surface area contributed by atoms with Crippen LogP contribution in [0.4, 0.5) is 11.4 Å². The van der Waals surface area contributed by atoms with Gasteiger partial charge in [0.05, 0.1) is 16.3 Å². The van der Waals surface area contributed by atoms with Crippen molar-refractivity contribution in [1.82, 2.24) is 0 Å². The molecule has 8 heteroatoms. The van der Waals surface area contributed by atoms with Gasteiger partial charge in [0.2, 0.25) is 0 Å². The van der Waals surface area contributed by atoms with Crippen LogP contribution in [0.25, 0.3) is 5.57 Å². The van der Waals surface area contributed by atoms with Crippen LogP contribution in [0.2, 0.25) is 15.1 Å². The highest BCUT2D eigenvalue weighted by Gasteiger charge is 2.41. The first kappa shape index (κ1) is 20.0. The van der Waals surface area contributed by atoms with Gasteiger partial charge in [0.25, 0.3) is 11.8 Å². The molecule has 2 aromatic carbocycles. The summed E-state index contributed by atoms with van der Waals surface area (Å²) in [6, 6.07) is 13.6. The third-order valence-corrected chi connectivity index (χ3v) is 6.29. The van der Waals surface area contributed by atoms with E-state index in [-0.39, 0.29) is 22.0 Å². The average Bonchev–Trinajstić information content (AvgIpc) is 3.28. The number of aryl methyl sites for hydroxylation is 1. The van der Waals surface area contributed by atoms with E-state index < -0.39 is 11.8 Å². The van der Waals surface area contributed by atoms with Crippen molar-refractivity contribution in [2.45, 2.75) is 6.92 Å². The Bertz CT molecular complexity index is 1170. The zero-order chi connectivity index (χ0) is 20.7. The normalized spacial score (nSPS) is 14.1. The highest BCUT2D eigenvalue weighted by atomic mass is 35.5.